The molecule has 0 spiro atoms. The van der Waals surface area contributed by atoms with Crippen molar-refractivity contribution in [2.45, 2.75) is 43.2 Å². The van der Waals surface area contributed by atoms with Gasteiger partial charge < -0.3 is 29.9 Å². The average molecular weight is 570 g/mol. The van der Waals surface area contributed by atoms with E-state index in [0.717, 1.165) is 11.1 Å². The number of imidazole rings is 1. The van der Waals surface area contributed by atoms with Gasteiger partial charge in [-0.3, -0.25) is 4.68 Å². The SMILES string of the molecule is COC(=O)c1nc(NCC(c2ccccc2)c2ccccc2)c2ncn(C3CC(n4cc(CO)cn4)C(O)C3O)c2n1. The molecule has 12 nitrogen and oxygen atoms in total. The van der Waals surface area contributed by atoms with Crippen molar-refractivity contribution >= 4 is 23.0 Å². The number of nitrogens with zero attached hydrogens (tertiary/aromatic N) is 6. The van der Waals surface area contributed by atoms with E-state index in [0.29, 0.717) is 35.5 Å². The van der Waals surface area contributed by atoms with Crippen molar-refractivity contribution in [3.63, 3.8) is 0 Å². The number of aromatic nitrogens is 6. The number of carbonyl (C=O) groups excluding carboxylic acids is 1. The molecule has 42 heavy (non-hydrogen) atoms. The van der Waals surface area contributed by atoms with E-state index in [2.05, 4.69) is 49.6 Å². The highest BCUT2D eigenvalue weighted by atomic mass is 16.5. The molecule has 1 saturated carbocycles. The van der Waals surface area contributed by atoms with E-state index in [1.165, 1.54) is 19.6 Å². The predicted molar refractivity (Wildman–Crippen MR) is 153 cm³/mol. The lowest BCUT2D eigenvalue weighted by atomic mass is 9.91. The second kappa shape index (κ2) is 11.7. The largest absolute Gasteiger partial charge is 0.463 e. The number of hydrogen-bond acceptors (Lipinski definition) is 10. The Bertz CT molecular complexity index is 1630. The molecular weight excluding hydrogens is 538 g/mol. The third-order valence-electron chi connectivity index (χ3n) is 7.82. The van der Waals surface area contributed by atoms with Gasteiger partial charge in [0, 0.05) is 24.2 Å². The Hall–Kier alpha value is -4.65. The van der Waals surface area contributed by atoms with Crippen molar-refractivity contribution in [2.75, 3.05) is 19.0 Å². The quantitative estimate of drug-likeness (QED) is 0.194. The maximum atomic E-state index is 12.6. The van der Waals surface area contributed by atoms with Crippen molar-refractivity contribution in [3.8, 4) is 0 Å². The van der Waals surface area contributed by atoms with Gasteiger partial charge in [-0.1, -0.05) is 60.7 Å². The Morgan fingerprint density at radius 3 is 2.31 bits per heavy atom. The molecule has 0 saturated heterocycles. The first-order chi connectivity index (χ1) is 20.5. The van der Waals surface area contributed by atoms with Crippen LogP contribution in [0.2, 0.25) is 0 Å². The highest BCUT2D eigenvalue weighted by Crippen LogP contribution is 2.40. The Balaban J connectivity index is 1.35. The van der Waals surface area contributed by atoms with Gasteiger partial charge in [0.05, 0.1) is 38.3 Å². The number of aliphatic hydroxyl groups excluding tert-OH is 3. The van der Waals surface area contributed by atoms with Crippen LogP contribution in [0.5, 0.6) is 0 Å². The maximum Gasteiger partial charge on any atom is 0.376 e. The van der Waals surface area contributed by atoms with Gasteiger partial charge in [-0.15, -0.1) is 0 Å². The molecule has 216 valence electrons. The second-order valence-corrected chi connectivity index (χ2v) is 10.3. The van der Waals surface area contributed by atoms with Crippen LogP contribution in [0.15, 0.2) is 79.4 Å². The number of nitrogens with one attached hydrogen (secondary N) is 1. The normalized spacial score (nSPS) is 20.3. The second-order valence-electron chi connectivity index (χ2n) is 10.3. The first-order valence-corrected chi connectivity index (χ1v) is 13.6. The van der Waals surface area contributed by atoms with Gasteiger partial charge >= 0.3 is 5.97 Å². The Kier molecular flexibility index (Phi) is 7.66. The number of methoxy groups -OCH3 is 1. The predicted octanol–water partition coefficient (Wildman–Crippen LogP) is 2.45. The molecule has 4 N–H and O–H groups in total. The highest BCUT2D eigenvalue weighted by Gasteiger charge is 2.44. The maximum absolute atomic E-state index is 12.6. The number of fused-ring (bicyclic) bond motifs is 1. The average Bonchev–Trinajstić information content (AvgIpc) is 3.75. The Morgan fingerprint density at radius 1 is 1.02 bits per heavy atom. The summed E-state index contributed by atoms with van der Waals surface area (Å²) in [5, 5.41) is 39.0. The zero-order chi connectivity index (χ0) is 29.2. The Labute approximate surface area is 241 Å². The molecular formula is C30H31N7O5. The first-order valence-electron chi connectivity index (χ1n) is 13.6. The number of anilines is 1. The van der Waals surface area contributed by atoms with Gasteiger partial charge in [0.2, 0.25) is 5.82 Å². The van der Waals surface area contributed by atoms with E-state index in [1.54, 1.807) is 15.4 Å². The van der Waals surface area contributed by atoms with Crippen LogP contribution in [0, 0.1) is 0 Å². The lowest BCUT2D eigenvalue weighted by Crippen LogP contribution is -2.30. The molecule has 6 rings (SSSR count). The van der Waals surface area contributed by atoms with Crippen LogP contribution in [0.25, 0.3) is 11.2 Å². The summed E-state index contributed by atoms with van der Waals surface area (Å²) in [6.45, 7) is 0.270. The molecule has 4 atom stereocenters. The van der Waals surface area contributed by atoms with Crippen molar-refractivity contribution in [3.05, 3.63) is 102 Å². The van der Waals surface area contributed by atoms with Gasteiger partial charge in [0.15, 0.2) is 11.5 Å². The summed E-state index contributed by atoms with van der Waals surface area (Å²) >= 11 is 0. The van der Waals surface area contributed by atoms with E-state index in [1.807, 2.05) is 36.4 Å². The van der Waals surface area contributed by atoms with Crippen molar-refractivity contribution in [2.24, 2.45) is 0 Å². The van der Waals surface area contributed by atoms with Gasteiger partial charge in [-0.2, -0.15) is 5.10 Å². The zero-order valence-electron chi connectivity index (χ0n) is 22.9. The fourth-order valence-corrected chi connectivity index (χ4v) is 5.63. The van der Waals surface area contributed by atoms with Crippen LogP contribution in [-0.2, 0) is 11.3 Å². The van der Waals surface area contributed by atoms with E-state index in [4.69, 9.17) is 4.74 Å². The summed E-state index contributed by atoms with van der Waals surface area (Å²) in [6, 6.07) is 19.0. The molecule has 3 heterocycles. The molecule has 0 amide bonds. The minimum absolute atomic E-state index is 0.0217. The standard InChI is InChI=1S/C30H31N7O5/c1-42-30(41)28-34-27(31-14-21(19-8-4-2-5-9-19)20-10-6-3-7-11-20)24-29(35-28)36(17-32-24)22-12-23(26(40)25(22)39)37-15-18(16-38)13-33-37/h2-11,13,15,17,21-23,25-26,38-40H,12,14,16H2,1H3,(H,31,34,35). The summed E-state index contributed by atoms with van der Waals surface area (Å²) in [5.41, 5.74) is 3.55. The van der Waals surface area contributed by atoms with Crippen molar-refractivity contribution < 1.29 is 24.9 Å². The number of ether oxygens (including phenoxy) is 1. The highest BCUT2D eigenvalue weighted by molar-refractivity contribution is 5.91. The fraction of sp³-hybridized carbons (Fsp3) is 0.300. The van der Waals surface area contributed by atoms with E-state index in [-0.39, 0.29) is 18.3 Å². The topological polar surface area (TPSA) is 160 Å². The smallest absolute Gasteiger partial charge is 0.376 e. The van der Waals surface area contributed by atoms with E-state index in [9.17, 15) is 20.1 Å². The summed E-state index contributed by atoms with van der Waals surface area (Å²) in [4.78, 5) is 26.1. The van der Waals surface area contributed by atoms with Crippen LogP contribution >= 0.6 is 0 Å². The van der Waals surface area contributed by atoms with Crippen LogP contribution in [0.4, 0.5) is 5.82 Å². The van der Waals surface area contributed by atoms with Crippen molar-refractivity contribution in [1.29, 1.82) is 0 Å². The number of aliphatic hydroxyl groups is 3. The summed E-state index contributed by atoms with van der Waals surface area (Å²) in [7, 11) is 1.26. The third kappa shape index (κ3) is 5.11. The minimum Gasteiger partial charge on any atom is -0.463 e. The van der Waals surface area contributed by atoms with Crippen molar-refractivity contribution in [1.82, 2.24) is 29.3 Å². The number of esters is 1. The zero-order valence-corrected chi connectivity index (χ0v) is 22.9. The van der Waals surface area contributed by atoms with E-state index < -0.39 is 30.3 Å². The van der Waals surface area contributed by atoms with Crippen LogP contribution in [0.3, 0.4) is 0 Å². The molecule has 2 aromatic carbocycles. The molecule has 3 aromatic heterocycles. The molecule has 5 aromatic rings. The number of benzene rings is 2. The van der Waals surface area contributed by atoms with Gasteiger partial charge in [0.1, 0.15) is 17.7 Å². The third-order valence-corrected chi connectivity index (χ3v) is 7.82. The van der Waals surface area contributed by atoms with Gasteiger partial charge in [-0.05, 0) is 17.5 Å². The van der Waals surface area contributed by atoms with Gasteiger partial charge in [0.25, 0.3) is 0 Å². The molecule has 0 aliphatic heterocycles. The van der Waals surface area contributed by atoms with E-state index >= 15 is 0 Å². The lowest BCUT2D eigenvalue weighted by molar-refractivity contribution is 0.00719. The Morgan fingerprint density at radius 2 is 1.69 bits per heavy atom. The lowest BCUT2D eigenvalue weighted by Gasteiger charge is -2.20. The fourth-order valence-electron chi connectivity index (χ4n) is 5.63. The summed E-state index contributed by atoms with van der Waals surface area (Å²) in [5.74, 6) is -0.547. The molecule has 0 radical (unpaired) electrons. The molecule has 1 aliphatic rings. The van der Waals surface area contributed by atoms with Gasteiger partial charge in [-0.25, -0.2) is 19.7 Å². The van der Waals surface area contributed by atoms with Crippen LogP contribution in [-0.4, -0.2) is 76.5 Å². The molecule has 1 fully saturated rings. The summed E-state index contributed by atoms with van der Waals surface area (Å²) in [6.07, 6.45) is 2.71. The molecule has 1 aliphatic carbocycles. The molecule has 0 bridgehead atoms. The number of carbonyl (C=O) groups is 1. The minimum atomic E-state index is -1.16. The summed E-state index contributed by atoms with van der Waals surface area (Å²) < 4.78 is 8.14. The van der Waals surface area contributed by atoms with Crippen LogP contribution in [0.1, 0.15) is 51.7 Å². The van der Waals surface area contributed by atoms with Crippen LogP contribution < -0.4 is 5.32 Å². The monoisotopic (exact) mass is 569 g/mol. The first kappa shape index (κ1) is 27.5. The number of hydrogen-bond donors (Lipinski definition) is 4. The molecule has 12 heteroatoms. The number of rotatable bonds is 9. The molecule has 4 unspecified atom stereocenters.